The van der Waals surface area contributed by atoms with E-state index in [1.807, 2.05) is 56.3 Å². The first-order chi connectivity index (χ1) is 12.0. The molecule has 0 unspecified atom stereocenters. The SMILES string of the molecule is Cc1ccc(NCC(=O)Nc2cccc(NC(=O)C3CC3)c2C)cc1. The zero-order valence-corrected chi connectivity index (χ0v) is 14.6. The summed E-state index contributed by atoms with van der Waals surface area (Å²) >= 11 is 0. The summed E-state index contributed by atoms with van der Waals surface area (Å²) in [5, 5.41) is 8.94. The number of aryl methyl sites for hydroxylation is 1. The lowest BCUT2D eigenvalue weighted by atomic mass is 10.1. The Bertz CT molecular complexity index is 780. The first-order valence-electron chi connectivity index (χ1n) is 8.54. The molecule has 0 saturated heterocycles. The van der Waals surface area contributed by atoms with E-state index in [9.17, 15) is 9.59 Å². The van der Waals surface area contributed by atoms with Crippen molar-refractivity contribution in [2.45, 2.75) is 26.7 Å². The van der Waals surface area contributed by atoms with Crippen LogP contribution in [0.1, 0.15) is 24.0 Å². The summed E-state index contributed by atoms with van der Waals surface area (Å²) in [6.07, 6.45) is 1.93. The fourth-order valence-electron chi connectivity index (χ4n) is 2.53. The van der Waals surface area contributed by atoms with Gasteiger partial charge in [-0.3, -0.25) is 9.59 Å². The minimum atomic E-state index is -0.130. The number of rotatable bonds is 6. The van der Waals surface area contributed by atoms with Gasteiger partial charge >= 0.3 is 0 Å². The van der Waals surface area contributed by atoms with Crippen molar-refractivity contribution >= 4 is 28.9 Å². The monoisotopic (exact) mass is 337 g/mol. The van der Waals surface area contributed by atoms with Gasteiger partial charge in [0.2, 0.25) is 11.8 Å². The van der Waals surface area contributed by atoms with Crippen LogP contribution in [-0.4, -0.2) is 18.4 Å². The third-order valence-electron chi connectivity index (χ3n) is 4.32. The Morgan fingerprint density at radius 2 is 1.60 bits per heavy atom. The molecule has 2 aromatic rings. The minimum absolute atomic E-state index is 0.0626. The maximum Gasteiger partial charge on any atom is 0.243 e. The van der Waals surface area contributed by atoms with Gasteiger partial charge in [0.25, 0.3) is 0 Å². The molecule has 0 atom stereocenters. The van der Waals surface area contributed by atoms with Gasteiger partial charge in [-0.25, -0.2) is 0 Å². The van der Waals surface area contributed by atoms with Gasteiger partial charge in [-0.2, -0.15) is 0 Å². The van der Waals surface area contributed by atoms with Crippen LogP contribution in [0.2, 0.25) is 0 Å². The fraction of sp³-hybridized carbons (Fsp3) is 0.300. The summed E-state index contributed by atoms with van der Waals surface area (Å²) in [7, 11) is 0. The van der Waals surface area contributed by atoms with Gasteiger partial charge in [0, 0.05) is 23.0 Å². The average Bonchev–Trinajstić information content (AvgIpc) is 3.43. The maximum atomic E-state index is 12.2. The number of hydrogen-bond acceptors (Lipinski definition) is 3. The fourth-order valence-corrected chi connectivity index (χ4v) is 2.53. The number of hydrogen-bond donors (Lipinski definition) is 3. The van der Waals surface area contributed by atoms with Crippen molar-refractivity contribution in [3.63, 3.8) is 0 Å². The van der Waals surface area contributed by atoms with Crippen LogP contribution in [0.25, 0.3) is 0 Å². The van der Waals surface area contributed by atoms with Crippen LogP contribution in [0.4, 0.5) is 17.1 Å². The standard InChI is InChI=1S/C20H23N3O2/c1-13-6-10-16(11-7-13)21-12-19(24)22-17-4-3-5-18(14(17)2)23-20(25)15-8-9-15/h3-7,10-11,15,21H,8-9,12H2,1-2H3,(H,22,24)(H,23,25). The number of carbonyl (C=O) groups excluding carboxylic acids is 2. The third-order valence-corrected chi connectivity index (χ3v) is 4.32. The summed E-state index contributed by atoms with van der Waals surface area (Å²) in [5.41, 5.74) is 4.41. The first kappa shape index (κ1) is 17.0. The molecule has 5 nitrogen and oxygen atoms in total. The van der Waals surface area contributed by atoms with E-state index in [0.717, 1.165) is 29.8 Å². The summed E-state index contributed by atoms with van der Waals surface area (Å²) in [6, 6.07) is 13.4. The van der Waals surface area contributed by atoms with E-state index in [2.05, 4.69) is 16.0 Å². The number of amides is 2. The molecule has 3 N–H and O–H groups in total. The van der Waals surface area contributed by atoms with Gasteiger partial charge in [0.1, 0.15) is 0 Å². The van der Waals surface area contributed by atoms with Crippen LogP contribution in [0, 0.1) is 19.8 Å². The van der Waals surface area contributed by atoms with Gasteiger partial charge in [-0.15, -0.1) is 0 Å². The van der Waals surface area contributed by atoms with Crippen LogP contribution in [0.15, 0.2) is 42.5 Å². The predicted octanol–water partition coefficient (Wildman–Crippen LogP) is 3.70. The van der Waals surface area contributed by atoms with Crippen LogP contribution >= 0.6 is 0 Å². The molecule has 1 saturated carbocycles. The predicted molar refractivity (Wildman–Crippen MR) is 101 cm³/mol. The molecule has 2 aromatic carbocycles. The highest BCUT2D eigenvalue weighted by atomic mass is 16.2. The van der Waals surface area contributed by atoms with Crippen LogP contribution < -0.4 is 16.0 Å². The van der Waals surface area contributed by atoms with Gasteiger partial charge in [0.15, 0.2) is 0 Å². The van der Waals surface area contributed by atoms with E-state index in [4.69, 9.17) is 0 Å². The number of anilines is 3. The van der Waals surface area contributed by atoms with Crippen molar-refractivity contribution in [3.8, 4) is 0 Å². The van der Waals surface area contributed by atoms with Gasteiger partial charge in [-0.1, -0.05) is 23.8 Å². The molecular weight excluding hydrogens is 314 g/mol. The van der Waals surface area contributed by atoms with Gasteiger partial charge in [-0.05, 0) is 56.5 Å². The summed E-state index contributed by atoms with van der Waals surface area (Å²) in [5.74, 6) is 0.0818. The molecule has 0 spiro atoms. The molecule has 0 heterocycles. The summed E-state index contributed by atoms with van der Waals surface area (Å²) in [4.78, 5) is 24.1. The highest BCUT2D eigenvalue weighted by Gasteiger charge is 2.29. The van der Waals surface area contributed by atoms with E-state index in [0.29, 0.717) is 5.69 Å². The van der Waals surface area contributed by atoms with Crippen LogP contribution in [0.5, 0.6) is 0 Å². The number of nitrogens with one attached hydrogen (secondary N) is 3. The Morgan fingerprint density at radius 3 is 2.24 bits per heavy atom. The zero-order chi connectivity index (χ0) is 17.8. The van der Waals surface area contributed by atoms with Crippen molar-refractivity contribution in [3.05, 3.63) is 53.6 Å². The van der Waals surface area contributed by atoms with Crippen molar-refractivity contribution in [2.24, 2.45) is 5.92 Å². The molecule has 0 bridgehead atoms. The van der Waals surface area contributed by atoms with E-state index >= 15 is 0 Å². The average molecular weight is 337 g/mol. The lowest BCUT2D eigenvalue weighted by Crippen LogP contribution is -2.22. The normalized spacial score (nSPS) is 13.2. The van der Waals surface area contributed by atoms with Gasteiger partial charge in [0.05, 0.1) is 6.54 Å². The maximum absolute atomic E-state index is 12.2. The van der Waals surface area contributed by atoms with Crippen molar-refractivity contribution in [1.29, 1.82) is 0 Å². The molecule has 1 fully saturated rings. The number of benzene rings is 2. The molecule has 0 aromatic heterocycles. The first-order valence-corrected chi connectivity index (χ1v) is 8.54. The van der Waals surface area contributed by atoms with E-state index in [-0.39, 0.29) is 24.3 Å². The molecular formula is C20H23N3O2. The van der Waals surface area contributed by atoms with Crippen LogP contribution in [-0.2, 0) is 9.59 Å². The van der Waals surface area contributed by atoms with Crippen LogP contribution in [0.3, 0.4) is 0 Å². The molecule has 25 heavy (non-hydrogen) atoms. The highest BCUT2D eigenvalue weighted by Crippen LogP contribution is 2.31. The Labute approximate surface area is 147 Å². The van der Waals surface area contributed by atoms with Crippen molar-refractivity contribution in [2.75, 3.05) is 22.5 Å². The molecule has 0 radical (unpaired) electrons. The smallest absolute Gasteiger partial charge is 0.243 e. The second kappa shape index (κ2) is 7.38. The van der Waals surface area contributed by atoms with E-state index < -0.39 is 0 Å². The summed E-state index contributed by atoms with van der Waals surface area (Å²) < 4.78 is 0. The topological polar surface area (TPSA) is 70.2 Å². The van der Waals surface area contributed by atoms with Crippen molar-refractivity contribution < 1.29 is 9.59 Å². The van der Waals surface area contributed by atoms with Gasteiger partial charge < -0.3 is 16.0 Å². The lowest BCUT2D eigenvalue weighted by Gasteiger charge is -2.14. The second-order valence-corrected chi connectivity index (χ2v) is 6.51. The Morgan fingerprint density at radius 1 is 0.960 bits per heavy atom. The largest absolute Gasteiger partial charge is 0.376 e. The molecule has 5 heteroatoms. The molecule has 3 rings (SSSR count). The molecule has 1 aliphatic rings. The molecule has 2 amide bonds. The molecule has 1 aliphatic carbocycles. The Hall–Kier alpha value is -2.82. The van der Waals surface area contributed by atoms with E-state index in [1.54, 1.807) is 0 Å². The summed E-state index contributed by atoms with van der Waals surface area (Å²) in [6.45, 7) is 4.10. The molecule has 0 aliphatic heterocycles. The quantitative estimate of drug-likeness (QED) is 0.753. The highest BCUT2D eigenvalue weighted by molar-refractivity contribution is 5.98. The minimum Gasteiger partial charge on any atom is -0.376 e. The second-order valence-electron chi connectivity index (χ2n) is 6.51. The Balaban J connectivity index is 1.58. The third kappa shape index (κ3) is 4.59. The zero-order valence-electron chi connectivity index (χ0n) is 14.6. The lowest BCUT2D eigenvalue weighted by molar-refractivity contribution is -0.117. The number of carbonyl (C=O) groups is 2. The van der Waals surface area contributed by atoms with E-state index in [1.165, 1.54) is 5.56 Å². The van der Waals surface area contributed by atoms with Crippen molar-refractivity contribution in [1.82, 2.24) is 0 Å². The Kier molecular flexibility index (Phi) is 5.03. The molecule has 130 valence electrons.